The molecule has 1 saturated heterocycles. The SMILES string of the molecule is CN(C)C1CCCC(NC(=O)C2CCNCC2)C1.Cl. The zero-order chi connectivity index (χ0) is 13.0. The Hall–Kier alpha value is -0.320. The van der Waals surface area contributed by atoms with Crippen LogP contribution >= 0.6 is 12.4 Å². The molecule has 19 heavy (non-hydrogen) atoms. The van der Waals surface area contributed by atoms with Gasteiger partial charge in [-0.05, 0) is 65.7 Å². The number of piperidine rings is 1. The first-order valence-corrected chi connectivity index (χ1v) is 7.34. The number of halogens is 1. The summed E-state index contributed by atoms with van der Waals surface area (Å²) >= 11 is 0. The van der Waals surface area contributed by atoms with E-state index in [2.05, 4.69) is 29.6 Å². The number of nitrogens with one attached hydrogen (secondary N) is 2. The Balaban J connectivity index is 0.00000180. The fraction of sp³-hybridized carbons (Fsp3) is 0.929. The minimum Gasteiger partial charge on any atom is -0.353 e. The highest BCUT2D eigenvalue weighted by Crippen LogP contribution is 2.22. The molecule has 2 fully saturated rings. The van der Waals surface area contributed by atoms with Crippen molar-refractivity contribution in [2.75, 3.05) is 27.2 Å². The highest BCUT2D eigenvalue weighted by molar-refractivity contribution is 5.85. The first-order valence-electron chi connectivity index (χ1n) is 7.34. The van der Waals surface area contributed by atoms with E-state index in [0.717, 1.165) is 38.8 Å². The van der Waals surface area contributed by atoms with Gasteiger partial charge in [0.2, 0.25) is 5.91 Å². The molecule has 1 heterocycles. The number of carbonyl (C=O) groups excluding carboxylic acids is 1. The second-order valence-electron chi connectivity index (χ2n) is 6.01. The summed E-state index contributed by atoms with van der Waals surface area (Å²) in [7, 11) is 4.28. The number of hydrogen-bond donors (Lipinski definition) is 2. The molecule has 0 aromatic rings. The van der Waals surface area contributed by atoms with Gasteiger partial charge < -0.3 is 15.5 Å². The molecule has 112 valence electrons. The van der Waals surface area contributed by atoms with E-state index in [9.17, 15) is 4.79 Å². The molecule has 2 aliphatic rings. The van der Waals surface area contributed by atoms with Crippen LogP contribution in [0.15, 0.2) is 0 Å². The van der Waals surface area contributed by atoms with E-state index in [1.807, 2.05) is 0 Å². The van der Waals surface area contributed by atoms with E-state index in [-0.39, 0.29) is 18.3 Å². The van der Waals surface area contributed by atoms with Crippen molar-refractivity contribution in [3.8, 4) is 0 Å². The number of nitrogens with zero attached hydrogens (tertiary/aromatic N) is 1. The van der Waals surface area contributed by atoms with Crippen molar-refractivity contribution in [2.45, 2.75) is 50.6 Å². The van der Waals surface area contributed by atoms with Crippen LogP contribution in [0.4, 0.5) is 0 Å². The molecule has 0 aromatic heterocycles. The molecule has 2 unspecified atom stereocenters. The van der Waals surface area contributed by atoms with Gasteiger partial charge >= 0.3 is 0 Å². The monoisotopic (exact) mass is 289 g/mol. The fourth-order valence-electron chi connectivity index (χ4n) is 3.17. The van der Waals surface area contributed by atoms with Gasteiger partial charge in [0.05, 0.1) is 0 Å². The Morgan fingerprint density at radius 2 is 1.84 bits per heavy atom. The Bertz CT molecular complexity index is 280. The van der Waals surface area contributed by atoms with Crippen LogP contribution < -0.4 is 10.6 Å². The zero-order valence-electron chi connectivity index (χ0n) is 12.2. The van der Waals surface area contributed by atoms with Gasteiger partial charge in [0, 0.05) is 18.0 Å². The van der Waals surface area contributed by atoms with Crippen LogP contribution in [0.5, 0.6) is 0 Å². The second kappa shape index (κ2) is 8.08. The molecule has 2 rings (SSSR count). The van der Waals surface area contributed by atoms with Crippen molar-refractivity contribution in [2.24, 2.45) is 5.92 Å². The Morgan fingerprint density at radius 3 is 2.47 bits per heavy atom. The van der Waals surface area contributed by atoms with Crippen molar-refractivity contribution in [3.05, 3.63) is 0 Å². The first-order chi connectivity index (χ1) is 8.66. The molecule has 2 atom stereocenters. The van der Waals surface area contributed by atoms with E-state index in [1.165, 1.54) is 12.8 Å². The van der Waals surface area contributed by atoms with Crippen LogP contribution in [0, 0.1) is 5.92 Å². The lowest BCUT2D eigenvalue weighted by Gasteiger charge is -2.34. The van der Waals surface area contributed by atoms with E-state index >= 15 is 0 Å². The number of amides is 1. The third-order valence-corrected chi connectivity index (χ3v) is 4.43. The summed E-state index contributed by atoms with van der Waals surface area (Å²) in [5, 5.41) is 6.59. The molecule has 4 nitrogen and oxygen atoms in total. The fourth-order valence-corrected chi connectivity index (χ4v) is 3.17. The van der Waals surface area contributed by atoms with Crippen molar-refractivity contribution in [3.63, 3.8) is 0 Å². The normalized spacial score (nSPS) is 28.8. The average Bonchev–Trinajstić information content (AvgIpc) is 2.40. The molecule has 0 spiro atoms. The van der Waals surface area contributed by atoms with E-state index in [1.54, 1.807) is 0 Å². The lowest BCUT2D eigenvalue weighted by atomic mass is 9.89. The highest BCUT2D eigenvalue weighted by atomic mass is 35.5. The summed E-state index contributed by atoms with van der Waals surface area (Å²) in [6, 6.07) is 1.03. The van der Waals surface area contributed by atoms with Crippen LogP contribution in [0.1, 0.15) is 38.5 Å². The third-order valence-electron chi connectivity index (χ3n) is 4.43. The Morgan fingerprint density at radius 1 is 1.16 bits per heavy atom. The predicted molar refractivity (Wildman–Crippen MR) is 80.7 cm³/mol. The summed E-state index contributed by atoms with van der Waals surface area (Å²) in [6.07, 6.45) is 6.77. The highest BCUT2D eigenvalue weighted by Gasteiger charge is 2.27. The van der Waals surface area contributed by atoms with Crippen molar-refractivity contribution in [1.29, 1.82) is 0 Å². The molecule has 1 saturated carbocycles. The summed E-state index contributed by atoms with van der Waals surface area (Å²) in [5.41, 5.74) is 0. The lowest BCUT2D eigenvalue weighted by molar-refractivity contribution is -0.126. The maximum absolute atomic E-state index is 12.2. The molecule has 1 amide bonds. The van der Waals surface area contributed by atoms with Crippen molar-refractivity contribution < 1.29 is 4.79 Å². The van der Waals surface area contributed by atoms with Crippen LogP contribution in [0.2, 0.25) is 0 Å². The zero-order valence-corrected chi connectivity index (χ0v) is 13.0. The lowest BCUT2D eigenvalue weighted by Crippen LogP contribution is -2.47. The number of carbonyl (C=O) groups is 1. The van der Waals surface area contributed by atoms with Gasteiger partial charge in [0.15, 0.2) is 0 Å². The van der Waals surface area contributed by atoms with Gasteiger partial charge in [-0.3, -0.25) is 4.79 Å². The Labute approximate surface area is 123 Å². The predicted octanol–water partition coefficient (Wildman–Crippen LogP) is 1.40. The standard InChI is InChI=1S/C14H27N3O.ClH/c1-17(2)13-5-3-4-12(10-13)16-14(18)11-6-8-15-9-7-11;/h11-13,15H,3-10H2,1-2H3,(H,16,18);1H. The van der Waals surface area contributed by atoms with Crippen LogP contribution in [0.3, 0.4) is 0 Å². The largest absolute Gasteiger partial charge is 0.353 e. The summed E-state index contributed by atoms with van der Waals surface area (Å²) in [4.78, 5) is 14.5. The van der Waals surface area contributed by atoms with Gasteiger partial charge in [-0.2, -0.15) is 0 Å². The van der Waals surface area contributed by atoms with Crippen molar-refractivity contribution in [1.82, 2.24) is 15.5 Å². The van der Waals surface area contributed by atoms with Crippen LogP contribution in [-0.4, -0.2) is 50.1 Å². The van der Waals surface area contributed by atoms with Crippen LogP contribution in [-0.2, 0) is 4.79 Å². The maximum Gasteiger partial charge on any atom is 0.223 e. The molecule has 5 heteroatoms. The molecular formula is C14H28ClN3O. The molecule has 0 aromatic carbocycles. The molecule has 0 bridgehead atoms. The number of rotatable bonds is 3. The molecule has 1 aliphatic carbocycles. The Kier molecular flexibility index (Phi) is 7.11. The van der Waals surface area contributed by atoms with E-state index < -0.39 is 0 Å². The van der Waals surface area contributed by atoms with Gasteiger partial charge in [-0.25, -0.2) is 0 Å². The minimum absolute atomic E-state index is 0. The quantitative estimate of drug-likeness (QED) is 0.825. The summed E-state index contributed by atoms with van der Waals surface area (Å²) in [5.74, 6) is 0.534. The van der Waals surface area contributed by atoms with Gasteiger partial charge in [-0.15, -0.1) is 12.4 Å². The third kappa shape index (κ3) is 4.93. The molecule has 2 N–H and O–H groups in total. The van der Waals surface area contributed by atoms with Crippen molar-refractivity contribution >= 4 is 18.3 Å². The summed E-state index contributed by atoms with van der Waals surface area (Å²) < 4.78 is 0. The minimum atomic E-state index is 0. The second-order valence-corrected chi connectivity index (χ2v) is 6.01. The van der Waals surface area contributed by atoms with Gasteiger partial charge in [0.25, 0.3) is 0 Å². The van der Waals surface area contributed by atoms with Gasteiger partial charge in [0.1, 0.15) is 0 Å². The number of hydrogen-bond acceptors (Lipinski definition) is 3. The van der Waals surface area contributed by atoms with Crippen LogP contribution in [0.25, 0.3) is 0 Å². The molecule has 0 radical (unpaired) electrons. The molecule has 1 aliphatic heterocycles. The smallest absolute Gasteiger partial charge is 0.223 e. The molecular weight excluding hydrogens is 262 g/mol. The van der Waals surface area contributed by atoms with Gasteiger partial charge in [-0.1, -0.05) is 0 Å². The summed E-state index contributed by atoms with van der Waals surface area (Å²) in [6.45, 7) is 1.98. The topological polar surface area (TPSA) is 44.4 Å². The first kappa shape index (κ1) is 16.7. The van der Waals surface area contributed by atoms with E-state index in [0.29, 0.717) is 18.0 Å². The van der Waals surface area contributed by atoms with E-state index in [4.69, 9.17) is 0 Å². The maximum atomic E-state index is 12.2. The average molecular weight is 290 g/mol.